The highest BCUT2D eigenvalue weighted by Crippen LogP contribution is 2.37. The van der Waals surface area contributed by atoms with E-state index in [4.69, 9.17) is 14.5 Å². The third-order valence-corrected chi connectivity index (χ3v) is 5.40. The van der Waals surface area contributed by atoms with Crippen molar-refractivity contribution in [2.45, 2.75) is 43.9 Å². The van der Waals surface area contributed by atoms with E-state index in [0.717, 1.165) is 63.8 Å². The van der Waals surface area contributed by atoms with E-state index in [0.29, 0.717) is 0 Å². The molecule has 1 aromatic rings. The van der Waals surface area contributed by atoms with E-state index in [2.05, 4.69) is 14.8 Å². The molecule has 126 valence electrons. The molecule has 0 bridgehead atoms. The SMILES string of the molecule is CO[C@H]1CN(Cc2ccnc(N3CCCC3)n2)C[C@@]12CCCO2. The Labute approximate surface area is 137 Å². The van der Waals surface area contributed by atoms with E-state index in [1.54, 1.807) is 7.11 Å². The minimum absolute atomic E-state index is 0.0977. The number of nitrogens with zero attached hydrogens (tertiary/aromatic N) is 4. The first-order chi connectivity index (χ1) is 11.3. The van der Waals surface area contributed by atoms with Crippen LogP contribution in [-0.4, -0.2) is 66.5 Å². The van der Waals surface area contributed by atoms with Crippen molar-refractivity contribution in [1.82, 2.24) is 14.9 Å². The number of methoxy groups -OCH3 is 1. The number of anilines is 1. The van der Waals surface area contributed by atoms with Crippen molar-refractivity contribution in [1.29, 1.82) is 0 Å². The lowest BCUT2D eigenvalue weighted by atomic mass is 9.97. The first kappa shape index (κ1) is 15.3. The van der Waals surface area contributed by atoms with Gasteiger partial charge in [0.1, 0.15) is 5.60 Å². The van der Waals surface area contributed by atoms with Gasteiger partial charge in [-0.3, -0.25) is 4.90 Å². The van der Waals surface area contributed by atoms with E-state index in [-0.39, 0.29) is 11.7 Å². The quantitative estimate of drug-likeness (QED) is 0.838. The summed E-state index contributed by atoms with van der Waals surface area (Å²) in [6.45, 7) is 5.72. The minimum Gasteiger partial charge on any atom is -0.377 e. The third kappa shape index (κ3) is 2.95. The van der Waals surface area contributed by atoms with Gasteiger partial charge in [-0.25, -0.2) is 9.97 Å². The maximum absolute atomic E-state index is 6.07. The van der Waals surface area contributed by atoms with E-state index in [1.807, 2.05) is 12.3 Å². The standard InChI is InChI=1S/C17H26N4O2/c1-22-15-12-20(13-17(15)6-4-10-23-17)11-14-5-7-18-16(19-14)21-8-2-3-9-21/h5,7,15H,2-4,6,8-13H2,1H3/t15-,17-/m0/s1. The van der Waals surface area contributed by atoms with Crippen LogP contribution in [0.25, 0.3) is 0 Å². The second-order valence-corrected chi connectivity index (χ2v) is 6.95. The van der Waals surface area contributed by atoms with Crippen LogP contribution in [0, 0.1) is 0 Å². The molecule has 6 nitrogen and oxygen atoms in total. The Hall–Kier alpha value is -1.24. The summed E-state index contributed by atoms with van der Waals surface area (Å²) in [6, 6.07) is 2.03. The Morgan fingerprint density at radius 2 is 2.22 bits per heavy atom. The van der Waals surface area contributed by atoms with Crippen molar-refractivity contribution in [3.05, 3.63) is 18.0 Å². The molecule has 2 atom stereocenters. The summed E-state index contributed by atoms with van der Waals surface area (Å²) in [6.07, 6.45) is 6.79. The van der Waals surface area contributed by atoms with Crippen LogP contribution >= 0.6 is 0 Å². The largest absolute Gasteiger partial charge is 0.377 e. The van der Waals surface area contributed by atoms with Gasteiger partial charge in [0.05, 0.1) is 11.8 Å². The molecule has 0 aliphatic carbocycles. The van der Waals surface area contributed by atoms with Gasteiger partial charge in [0, 0.05) is 52.6 Å². The lowest BCUT2D eigenvalue weighted by molar-refractivity contribution is -0.0756. The van der Waals surface area contributed by atoms with Crippen molar-refractivity contribution < 1.29 is 9.47 Å². The van der Waals surface area contributed by atoms with Gasteiger partial charge < -0.3 is 14.4 Å². The predicted molar refractivity (Wildman–Crippen MR) is 87.5 cm³/mol. The van der Waals surface area contributed by atoms with Gasteiger partial charge in [0.25, 0.3) is 0 Å². The van der Waals surface area contributed by atoms with E-state index >= 15 is 0 Å². The fourth-order valence-corrected chi connectivity index (χ4v) is 4.22. The molecule has 0 N–H and O–H groups in total. The van der Waals surface area contributed by atoms with Crippen LogP contribution in [0.3, 0.4) is 0 Å². The lowest BCUT2D eigenvalue weighted by Gasteiger charge is -2.28. The van der Waals surface area contributed by atoms with Crippen molar-refractivity contribution in [3.63, 3.8) is 0 Å². The second kappa shape index (κ2) is 6.34. The van der Waals surface area contributed by atoms with Crippen molar-refractivity contribution in [3.8, 4) is 0 Å². The zero-order valence-corrected chi connectivity index (χ0v) is 13.9. The molecule has 3 aliphatic rings. The molecule has 0 saturated carbocycles. The summed E-state index contributed by atoms with van der Waals surface area (Å²) < 4.78 is 11.8. The van der Waals surface area contributed by atoms with Crippen molar-refractivity contribution in [2.75, 3.05) is 44.8 Å². The highest BCUT2D eigenvalue weighted by atomic mass is 16.6. The molecule has 4 rings (SSSR count). The molecular weight excluding hydrogens is 292 g/mol. The molecule has 3 saturated heterocycles. The normalized spacial score (nSPS) is 31.5. The second-order valence-electron chi connectivity index (χ2n) is 6.95. The van der Waals surface area contributed by atoms with Crippen LogP contribution in [-0.2, 0) is 16.0 Å². The average molecular weight is 318 g/mol. The number of ether oxygens (including phenoxy) is 2. The minimum atomic E-state index is -0.0977. The number of hydrogen-bond donors (Lipinski definition) is 0. The fourth-order valence-electron chi connectivity index (χ4n) is 4.22. The first-order valence-corrected chi connectivity index (χ1v) is 8.75. The Morgan fingerprint density at radius 3 is 2.96 bits per heavy atom. The summed E-state index contributed by atoms with van der Waals surface area (Å²) in [5.41, 5.74) is 0.992. The van der Waals surface area contributed by atoms with Gasteiger partial charge in [-0.15, -0.1) is 0 Å². The topological polar surface area (TPSA) is 50.7 Å². The smallest absolute Gasteiger partial charge is 0.225 e. The zero-order chi connectivity index (χ0) is 15.7. The maximum Gasteiger partial charge on any atom is 0.225 e. The molecule has 0 aromatic carbocycles. The van der Waals surface area contributed by atoms with Gasteiger partial charge in [0.2, 0.25) is 5.95 Å². The number of aromatic nitrogens is 2. The molecule has 6 heteroatoms. The zero-order valence-electron chi connectivity index (χ0n) is 13.9. The fraction of sp³-hybridized carbons (Fsp3) is 0.765. The van der Waals surface area contributed by atoms with Crippen molar-refractivity contribution >= 4 is 5.95 Å². The molecule has 0 unspecified atom stereocenters. The molecular formula is C17H26N4O2. The summed E-state index contributed by atoms with van der Waals surface area (Å²) in [4.78, 5) is 13.9. The first-order valence-electron chi connectivity index (χ1n) is 8.75. The Bertz CT molecular complexity index is 541. The predicted octanol–water partition coefficient (Wildman–Crippen LogP) is 1.46. The Balaban J connectivity index is 1.45. The summed E-state index contributed by atoms with van der Waals surface area (Å²) >= 11 is 0. The third-order valence-electron chi connectivity index (χ3n) is 5.40. The van der Waals surface area contributed by atoms with Crippen LogP contribution in [0.4, 0.5) is 5.95 Å². The van der Waals surface area contributed by atoms with E-state index < -0.39 is 0 Å². The van der Waals surface area contributed by atoms with E-state index in [9.17, 15) is 0 Å². The molecule has 3 fully saturated rings. The lowest BCUT2D eigenvalue weighted by Crippen LogP contribution is -2.42. The molecule has 3 aliphatic heterocycles. The van der Waals surface area contributed by atoms with Gasteiger partial charge in [0.15, 0.2) is 0 Å². The number of hydrogen-bond acceptors (Lipinski definition) is 6. The molecule has 1 aromatic heterocycles. The van der Waals surface area contributed by atoms with Crippen molar-refractivity contribution in [2.24, 2.45) is 0 Å². The molecule has 0 radical (unpaired) electrons. The maximum atomic E-state index is 6.07. The highest BCUT2D eigenvalue weighted by Gasteiger charge is 2.50. The number of rotatable bonds is 4. The highest BCUT2D eigenvalue weighted by molar-refractivity contribution is 5.31. The van der Waals surface area contributed by atoms with Gasteiger partial charge in [-0.05, 0) is 31.7 Å². The van der Waals surface area contributed by atoms with Crippen LogP contribution < -0.4 is 4.90 Å². The Morgan fingerprint density at radius 1 is 1.35 bits per heavy atom. The molecule has 4 heterocycles. The summed E-state index contributed by atoms with van der Waals surface area (Å²) in [5.74, 6) is 0.884. The summed E-state index contributed by atoms with van der Waals surface area (Å²) in [5, 5.41) is 0. The van der Waals surface area contributed by atoms with Crippen LogP contribution in [0.2, 0.25) is 0 Å². The van der Waals surface area contributed by atoms with Gasteiger partial charge >= 0.3 is 0 Å². The molecule has 23 heavy (non-hydrogen) atoms. The molecule has 1 spiro atoms. The van der Waals surface area contributed by atoms with Crippen LogP contribution in [0.5, 0.6) is 0 Å². The summed E-state index contributed by atoms with van der Waals surface area (Å²) in [7, 11) is 1.80. The van der Waals surface area contributed by atoms with Crippen LogP contribution in [0.15, 0.2) is 12.3 Å². The van der Waals surface area contributed by atoms with Gasteiger partial charge in [-0.2, -0.15) is 0 Å². The van der Waals surface area contributed by atoms with E-state index in [1.165, 1.54) is 12.8 Å². The Kier molecular flexibility index (Phi) is 4.22. The van der Waals surface area contributed by atoms with Gasteiger partial charge in [-0.1, -0.05) is 0 Å². The average Bonchev–Trinajstić information content (AvgIpc) is 3.30. The molecule has 0 amide bonds. The van der Waals surface area contributed by atoms with Crippen LogP contribution in [0.1, 0.15) is 31.4 Å². The number of likely N-dealkylation sites (tertiary alicyclic amines) is 1. The monoisotopic (exact) mass is 318 g/mol.